The van der Waals surface area contributed by atoms with Crippen molar-refractivity contribution in [1.29, 1.82) is 0 Å². The molecule has 3 aliphatic rings. The number of amides is 1. The summed E-state index contributed by atoms with van der Waals surface area (Å²) in [5, 5.41) is 10.2. The topological polar surface area (TPSA) is 43.8 Å². The van der Waals surface area contributed by atoms with E-state index >= 15 is 0 Å². The van der Waals surface area contributed by atoms with Crippen LogP contribution >= 0.6 is 0 Å². The Balaban J connectivity index is 1.40. The van der Waals surface area contributed by atoms with Gasteiger partial charge in [-0.1, -0.05) is 18.9 Å². The third kappa shape index (κ3) is 4.07. The predicted octanol–water partition coefficient (Wildman–Crippen LogP) is 3.61. The minimum Gasteiger partial charge on any atom is -0.390 e. The van der Waals surface area contributed by atoms with Gasteiger partial charge in [-0.3, -0.25) is 9.69 Å². The van der Waals surface area contributed by atoms with Crippen molar-refractivity contribution in [2.45, 2.75) is 77.0 Å². The van der Waals surface area contributed by atoms with E-state index in [-0.39, 0.29) is 11.8 Å². The molecule has 1 saturated heterocycles. The molecule has 1 aliphatic carbocycles. The van der Waals surface area contributed by atoms with E-state index in [1.165, 1.54) is 36.8 Å². The van der Waals surface area contributed by atoms with Crippen molar-refractivity contribution < 1.29 is 9.90 Å². The molecule has 0 spiro atoms. The van der Waals surface area contributed by atoms with Crippen LogP contribution in [-0.4, -0.2) is 52.1 Å². The van der Waals surface area contributed by atoms with E-state index in [0.717, 1.165) is 57.0 Å². The van der Waals surface area contributed by atoms with Crippen molar-refractivity contribution in [3.63, 3.8) is 0 Å². The summed E-state index contributed by atoms with van der Waals surface area (Å²) in [4.78, 5) is 17.6. The van der Waals surface area contributed by atoms with Crippen LogP contribution in [0.1, 0.15) is 73.9 Å². The zero-order valence-electron chi connectivity index (χ0n) is 16.9. The highest BCUT2D eigenvalue weighted by Gasteiger charge is 2.32. The first kappa shape index (κ1) is 18.9. The first-order valence-corrected chi connectivity index (χ1v) is 10.8. The average Bonchev–Trinajstić information content (AvgIpc) is 3.21. The van der Waals surface area contributed by atoms with Crippen LogP contribution in [0.4, 0.5) is 0 Å². The van der Waals surface area contributed by atoms with Crippen LogP contribution in [0.2, 0.25) is 0 Å². The van der Waals surface area contributed by atoms with Gasteiger partial charge in [-0.25, -0.2) is 0 Å². The fourth-order valence-corrected chi connectivity index (χ4v) is 5.26. The largest absolute Gasteiger partial charge is 0.390 e. The van der Waals surface area contributed by atoms with E-state index in [1.54, 1.807) is 0 Å². The summed E-state index contributed by atoms with van der Waals surface area (Å²) in [6.45, 7) is 7.44. The normalized spacial score (nSPS) is 22.9. The maximum atomic E-state index is 13.0. The predicted molar refractivity (Wildman–Crippen MR) is 108 cm³/mol. The third-order valence-electron chi connectivity index (χ3n) is 7.12. The molecule has 1 N–H and O–H groups in total. The van der Waals surface area contributed by atoms with Crippen molar-refractivity contribution in [3.8, 4) is 0 Å². The molecule has 1 aromatic carbocycles. The van der Waals surface area contributed by atoms with Gasteiger partial charge in [0.15, 0.2) is 0 Å². The van der Waals surface area contributed by atoms with Gasteiger partial charge in [0, 0.05) is 37.8 Å². The Morgan fingerprint density at radius 2 is 1.74 bits per heavy atom. The van der Waals surface area contributed by atoms with Crippen LogP contribution in [0.15, 0.2) is 18.2 Å². The number of aliphatic hydroxyl groups is 1. The molecule has 4 nitrogen and oxygen atoms in total. The minimum atomic E-state index is -0.647. The van der Waals surface area contributed by atoms with E-state index in [2.05, 4.69) is 17.0 Å². The van der Waals surface area contributed by atoms with Crippen LogP contribution in [0, 0.1) is 5.92 Å². The summed E-state index contributed by atoms with van der Waals surface area (Å²) < 4.78 is 0. The number of hydrogen-bond acceptors (Lipinski definition) is 3. The number of nitrogens with zero attached hydrogens (tertiary/aromatic N) is 2. The van der Waals surface area contributed by atoms with Crippen molar-refractivity contribution in [1.82, 2.24) is 9.80 Å². The fraction of sp³-hybridized carbons (Fsp3) is 0.696. The molecule has 1 aromatic rings. The Labute approximate surface area is 163 Å². The molecule has 4 heteroatoms. The Morgan fingerprint density at radius 1 is 1.04 bits per heavy atom. The summed E-state index contributed by atoms with van der Waals surface area (Å²) in [5.74, 6) is 0.442. The van der Waals surface area contributed by atoms with Gasteiger partial charge in [-0.2, -0.15) is 0 Å². The molecule has 0 unspecified atom stereocenters. The molecule has 148 valence electrons. The summed E-state index contributed by atoms with van der Waals surface area (Å²) in [6, 6.07) is 7.14. The smallest absolute Gasteiger partial charge is 0.253 e. The molecule has 1 amide bonds. The van der Waals surface area contributed by atoms with Crippen molar-refractivity contribution in [2.24, 2.45) is 5.92 Å². The summed E-state index contributed by atoms with van der Waals surface area (Å²) >= 11 is 0. The van der Waals surface area contributed by atoms with Gasteiger partial charge >= 0.3 is 0 Å². The summed E-state index contributed by atoms with van der Waals surface area (Å²) in [7, 11) is 0. The van der Waals surface area contributed by atoms with Crippen molar-refractivity contribution in [3.05, 3.63) is 34.9 Å². The lowest BCUT2D eigenvalue weighted by molar-refractivity contribution is -0.0108. The van der Waals surface area contributed by atoms with Gasteiger partial charge in [0.2, 0.25) is 0 Å². The lowest BCUT2D eigenvalue weighted by atomic mass is 9.83. The second kappa shape index (κ2) is 7.56. The maximum Gasteiger partial charge on any atom is 0.253 e. The third-order valence-corrected chi connectivity index (χ3v) is 7.12. The van der Waals surface area contributed by atoms with Crippen LogP contribution in [0.5, 0.6) is 0 Å². The first-order valence-electron chi connectivity index (χ1n) is 10.8. The maximum absolute atomic E-state index is 13.0. The number of benzene rings is 1. The SMILES string of the molecule is CC(C)(O)C1CCN(C(=O)c2ccc3c(c2)CCN(C2CCCC2)C3)CC1. The molecule has 27 heavy (non-hydrogen) atoms. The number of likely N-dealkylation sites (tertiary alicyclic amines) is 1. The molecule has 2 fully saturated rings. The van der Waals surface area contributed by atoms with Gasteiger partial charge in [0.25, 0.3) is 5.91 Å². The van der Waals surface area contributed by atoms with E-state index in [1.807, 2.05) is 24.8 Å². The zero-order valence-corrected chi connectivity index (χ0v) is 16.9. The summed E-state index contributed by atoms with van der Waals surface area (Å²) in [6.07, 6.45) is 8.30. The molecule has 0 radical (unpaired) electrons. The number of carbonyl (C=O) groups excluding carboxylic acids is 1. The Morgan fingerprint density at radius 3 is 2.41 bits per heavy atom. The number of fused-ring (bicyclic) bond motifs is 1. The Hall–Kier alpha value is -1.39. The zero-order chi connectivity index (χ0) is 19.0. The second-order valence-electron chi connectivity index (χ2n) is 9.36. The Bertz CT molecular complexity index is 680. The van der Waals surface area contributed by atoms with Crippen LogP contribution in [0.25, 0.3) is 0 Å². The van der Waals surface area contributed by atoms with E-state index in [4.69, 9.17) is 0 Å². The lowest BCUT2D eigenvalue weighted by Crippen LogP contribution is -2.44. The second-order valence-corrected chi connectivity index (χ2v) is 9.36. The van der Waals surface area contributed by atoms with Crippen LogP contribution in [0.3, 0.4) is 0 Å². The molecule has 4 rings (SSSR count). The van der Waals surface area contributed by atoms with E-state index in [9.17, 15) is 9.90 Å². The van der Waals surface area contributed by atoms with Crippen LogP contribution in [-0.2, 0) is 13.0 Å². The highest BCUT2D eigenvalue weighted by Crippen LogP contribution is 2.31. The number of rotatable bonds is 3. The van der Waals surface area contributed by atoms with Crippen molar-refractivity contribution >= 4 is 5.91 Å². The quantitative estimate of drug-likeness (QED) is 0.884. The van der Waals surface area contributed by atoms with Gasteiger partial charge in [0.05, 0.1) is 5.60 Å². The molecular formula is C23H34N2O2. The number of hydrogen-bond donors (Lipinski definition) is 1. The number of carbonyl (C=O) groups is 1. The standard InChI is InChI=1S/C23H34N2O2/c1-23(2,27)20-10-13-24(14-11-20)22(26)18-7-8-19-16-25(12-9-17(19)15-18)21-5-3-4-6-21/h7-8,15,20-21,27H,3-6,9-14,16H2,1-2H3. The molecule has 2 aliphatic heterocycles. The molecule has 2 heterocycles. The molecule has 0 atom stereocenters. The fourth-order valence-electron chi connectivity index (χ4n) is 5.26. The van der Waals surface area contributed by atoms with Gasteiger partial charge in [-0.05, 0) is 75.1 Å². The minimum absolute atomic E-state index is 0.158. The molecule has 0 bridgehead atoms. The average molecular weight is 371 g/mol. The van der Waals surface area contributed by atoms with Crippen LogP contribution < -0.4 is 0 Å². The summed E-state index contributed by atoms with van der Waals surface area (Å²) in [5.41, 5.74) is 2.96. The van der Waals surface area contributed by atoms with Crippen molar-refractivity contribution in [2.75, 3.05) is 19.6 Å². The first-order chi connectivity index (χ1) is 12.9. The Kier molecular flexibility index (Phi) is 5.30. The highest BCUT2D eigenvalue weighted by atomic mass is 16.3. The van der Waals surface area contributed by atoms with Gasteiger partial charge in [0.1, 0.15) is 0 Å². The molecule has 1 saturated carbocycles. The lowest BCUT2D eigenvalue weighted by Gasteiger charge is -2.38. The van der Waals surface area contributed by atoms with Gasteiger partial charge < -0.3 is 10.0 Å². The monoisotopic (exact) mass is 370 g/mol. The highest BCUT2D eigenvalue weighted by molar-refractivity contribution is 5.94. The van der Waals surface area contributed by atoms with E-state index in [0.29, 0.717) is 0 Å². The molecular weight excluding hydrogens is 336 g/mol. The van der Waals surface area contributed by atoms with Gasteiger partial charge in [-0.15, -0.1) is 0 Å². The molecule has 0 aromatic heterocycles. The van der Waals surface area contributed by atoms with E-state index < -0.39 is 5.60 Å². The number of piperidine rings is 1.